The first-order valence-corrected chi connectivity index (χ1v) is 6.60. The Kier molecular flexibility index (Phi) is 4.13. The molecular formula is C12H10N2O6S. The lowest BCUT2D eigenvalue weighted by Crippen LogP contribution is -2.37. The second-order valence-corrected chi connectivity index (χ2v) is 5.17. The van der Waals surface area contributed by atoms with Crippen LogP contribution in [0.15, 0.2) is 24.3 Å². The molecule has 1 aromatic carbocycles. The predicted molar refractivity (Wildman–Crippen MR) is 73.1 cm³/mol. The molecule has 21 heavy (non-hydrogen) atoms. The number of rotatable bonds is 5. The third kappa shape index (κ3) is 3.31. The van der Waals surface area contributed by atoms with Crippen molar-refractivity contribution in [2.45, 2.75) is 5.37 Å². The van der Waals surface area contributed by atoms with Crippen LogP contribution in [0.4, 0.5) is 10.5 Å². The van der Waals surface area contributed by atoms with Gasteiger partial charge >= 0.3 is 11.9 Å². The van der Waals surface area contributed by atoms with Gasteiger partial charge in [-0.25, -0.2) is 4.79 Å². The van der Waals surface area contributed by atoms with E-state index in [1.54, 1.807) is 6.07 Å². The number of anilines is 1. The molecule has 0 spiro atoms. The molecule has 2 rings (SSSR count). The number of carboxylic acids is 2. The molecule has 1 aliphatic rings. The van der Waals surface area contributed by atoms with Crippen LogP contribution in [-0.2, 0) is 9.59 Å². The van der Waals surface area contributed by atoms with E-state index >= 15 is 0 Å². The second-order valence-electron chi connectivity index (χ2n) is 4.11. The van der Waals surface area contributed by atoms with E-state index in [-0.39, 0.29) is 5.56 Å². The van der Waals surface area contributed by atoms with Crippen LogP contribution in [0.2, 0.25) is 0 Å². The zero-order valence-electron chi connectivity index (χ0n) is 10.5. The number of hydrogen-bond acceptors (Lipinski definition) is 6. The summed E-state index contributed by atoms with van der Waals surface area (Å²) in [6.45, 7) is -0.696. The normalized spacial score (nSPS) is 17.9. The van der Waals surface area contributed by atoms with Crippen molar-refractivity contribution in [3.8, 4) is 0 Å². The molecule has 0 bridgehead atoms. The highest BCUT2D eigenvalue weighted by atomic mass is 32.2. The Morgan fingerprint density at radius 1 is 1.29 bits per heavy atom. The van der Waals surface area contributed by atoms with E-state index in [1.165, 1.54) is 18.2 Å². The fourth-order valence-corrected chi connectivity index (χ4v) is 2.62. The molecule has 0 unspecified atom stereocenters. The van der Waals surface area contributed by atoms with Crippen LogP contribution < -0.4 is 5.32 Å². The lowest BCUT2D eigenvalue weighted by Gasteiger charge is -2.13. The van der Waals surface area contributed by atoms with E-state index < -0.39 is 35.0 Å². The van der Waals surface area contributed by atoms with E-state index in [0.29, 0.717) is 22.3 Å². The van der Waals surface area contributed by atoms with Crippen LogP contribution in [0.5, 0.6) is 0 Å². The van der Waals surface area contributed by atoms with Gasteiger partial charge in [0, 0.05) is 5.69 Å². The number of carbonyl (C=O) groups is 4. The van der Waals surface area contributed by atoms with Crippen molar-refractivity contribution in [1.29, 1.82) is 0 Å². The summed E-state index contributed by atoms with van der Waals surface area (Å²) >= 11 is 0.648. The molecule has 1 saturated heterocycles. The van der Waals surface area contributed by atoms with Gasteiger partial charge in [0.25, 0.3) is 11.1 Å². The van der Waals surface area contributed by atoms with E-state index in [0.717, 1.165) is 0 Å². The summed E-state index contributed by atoms with van der Waals surface area (Å²) < 4.78 is 0. The fourth-order valence-electron chi connectivity index (χ4n) is 1.71. The maximum absolute atomic E-state index is 11.9. The Morgan fingerprint density at radius 3 is 2.62 bits per heavy atom. The van der Waals surface area contributed by atoms with Gasteiger partial charge in [-0.2, -0.15) is 0 Å². The van der Waals surface area contributed by atoms with Crippen LogP contribution >= 0.6 is 11.8 Å². The summed E-state index contributed by atoms with van der Waals surface area (Å²) in [4.78, 5) is 45.6. The Labute approximate surface area is 122 Å². The molecule has 1 aromatic rings. The van der Waals surface area contributed by atoms with Gasteiger partial charge in [-0.1, -0.05) is 6.07 Å². The number of nitrogens with zero attached hydrogens (tertiary/aromatic N) is 1. The third-order valence-corrected chi connectivity index (χ3v) is 3.61. The number of aromatic carboxylic acids is 1. The predicted octanol–water partition coefficient (Wildman–Crippen LogP) is 0.903. The summed E-state index contributed by atoms with van der Waals surface area (Å²) in [6, 6.07) is 5.75. The number of carboxylic acid groups (broad SMARTS) is 2. The third-order valence-electron chi connectivity index (χ3n) is 2.63. The zero-order valence-corrected chi connectivity index (χ0v) is 11.3. The lowest BCUT2D eigenvalue weighted by atomic mass is 10.2. The molecule has 0 saturated carbocycles. The number of carbonyl (C=O) groups excluding carboxylic acids is 2. The maximum atomic E-state index is 11.9. The number of imide groups is 1. The van der Waals surface area contributed by atoms with E-state index in [9.17, 15) is 19.2 Å². The van der Waals surface area contributed by atoms with Crippen molar-refractivity contribution in [3.05, 3.63) is 29.8 Å². The minimum Gasteiger partial charge on any atom is -0.480 e. The molecule has 8 nitrogen and oxygen atoms in total. The average Bonchev–Trinajstić information content (AvgIpc) is 2.66. The summed E-state index contributed by atoms with van der Waals surface area (Å²) in [5, 5.41) is 18.6. The lowest BCUT2D eigenvalue weighted by molar-refractivity contribution is -0.141. The first-order valence-electron chi connectivity index (χ1n) is 5.72. The summed E-state index contributed by atoms with van der Waals surface area (Å²) in [5.41, 5.74) is 0.384. The standard InChI is InChI=1S/C12H10N2O6S/c15-8(16)5-14-10(17)9(21-12(14)20)13-7-3-1-2-6(4-7)11(18)19/h1-4,9,13H,5H2,(H,15,16)(H,18,19)/t9-/m1/s1. The van der Waals surface area contributed by atoms with Crippen LogP contribution in [0.1, 0.15) is 10.4 Å². The molecule has 1 heterocycles. The molecule has 9 heteroatoms. The number of hydrogen-bond donors (Lipinski definition) is 3. The number of amides is 2. The Bertz CT molecular complexity index is 632. The van der Waals surface area contributed by atoms with E-state index in [4.69, 9.17) is 10.2 Å². The summed E-state index contributed by atoms with van der Waals surface area (Å²) in [7, 11) is 0. The van der Waals surface area contributed by atoms with Gasteiger partial charge in [0.2, 0.25) is 0 Å². The highest BCUT2D eigenvalue weighted by Gasteiger charge is 2.40. The highest BCUT2D eigenvalue weighted by Crippen LogP contribution is 2.28. The van der Waals surface area contributed by atoms with E-state index in [2.05, 4.69) is 5.32 Å². The van der Waals surface area contributed by atoms with Crippen molar-refractivity contribution in [2.24, 2.45) is 0 Å². The molecule has 0 aliphatic carbocycles. The molecule has 1 aliphatic heterocycles. The Balaban J connectivity index is 2.12. The van der Waals surface area contributed by atoms with Crippen LogP contribution in [0.3, 0.4) is 0 Å². The molecule has 1 fully saturated rings. The van der Waals surface area contributed by atoms with Gasteiger partial charge in [-0.15, -0.1) is 0 Å². The van der Waals surface area contributed by atoms with E-state index in [1.807, 2.05) is 0 Å². The van der Waals surface area contributed by atoms with Crippen molar-refractivity contribution in [1.82, 2.24) is 4.90 Å². The smallest absolute Gasteiger partial charge is 0.335 e. The largest absolute Gasteiger partial charge is 0.480 e. The average molecular weight is 310 g/mol. The molecule has 0 radical (unpaired) electrons. The Morgan fingerprint density at radius 2 is 2.00 bits per heavy atom. The van der Waals surface area contributed by atoms with Gasteiger partial charge in [-0.05, 0) is 30.0 Å². The van der Waals surface area contributed by atoms with Crippen molar-refractivity contribution in [2.75, 3.05) is 11.9 Å². The molecule has 3 N–H and O–H groups in total. The van der Waals surface area contributed by atoms with Gasteiger partial charge < -0.3 is 15.5 Å². The highest BCUT2D eigenvalue weighted by molar-refractivity contribution is 8.15. The first kappa shape index (κ1) is 14.9. The summed E-state index contributed by atoms with van der Waals surface area (Å²) in [5.74, 6) is -3.08. The molecule has 110 valence electrons. The fraction of sp³-hybridized carbons (Fsp3) is 0.167. The SMILES string of the molecule is O=C(O)CN1C(=O)S[C@@H](Nc2cccc(C(=O)O)c2)C1=O. The topological polar surface area (TPSA) is 124 Å². The molecular weight excluding hydrogens is 300 g/mol. The van der Waals surface area contributed by atoms with Crippen LogP contribution in [-0.4, -0.2) is 50.1 Å². The number of benzene rings is 1. The van der Waals surface area contributed by atoms with Gasteiger partial charge in [0.05, 0.1) is 5.56 Å². The number of thioether (sulfide) groups is 1. The molecule has 2 amide bonds. The van der Waals surface area contributed by atoms with Crippen molar-refractivity contribution < 1.29 is 29.4 Å². The van der Waals surface area contributed by atoms with Gasteiger partial charge in [0.1, 0.15) is 6.54 Å². The minimum atomic E-state index is -1.29. The zero-order chi connectivity index (χ0) is 15.6. The van der Waals surface area contributed by atoms with Gasteiger partial charge in [-0.3, -0.25) is 19.3 Å². The quantitative estimate of drug-likeness (QED) is 0.733. The van der Waals surface area contributed by atoms with Crippen molar-refractivity contribution >= 4 is 40.5 Å². The van der Waals surface area contributed by atoms with Crippen LogP contribution in [0.25, 0.3) is 0 Å². The molecule has 1 atom stereocenters. The van der Waals surface area contributed by atoms with Crippen LogP contribution in [0, 0.1) is 0 Å². The maximum Gasteiger partial charge on any atom is 0.335 e. The van der Waals surface area contributed by atoms with Crippen molar-refractivity contribution in [3.63, 3.8) is 0 Å². The monoisotopic (exact) mass is 310 g/mol. The number of aliphatic carboxylic acids is 1. The first-order chi connectivity index (χ1) is 9.88. The Hall–Kier alpha value is -2.55. The molecule has 0 aromatic heterocycles. The van der Waals surface area contributed by atoms with Gasteiger partial charge in [0.15, 0.2) is 5.37 Å². The minimum absolute atomic E-state index is 0.0316. The second kappa shape index (κ2) is 5.83. The number of nitrogens with one attached hydrogen (secondary N) is 1. The summed E-state index contributed by atoms with van der Waals surface area (Å²) in [6.07, 6.45) is 0.